The van der Waals surface area contributed by atoms with E-state index in [1.165, 1.54) is 13.0 Å². The Morgan fingerprint density at radius 1 is 1.26 bits per heavy atom. The van der Waals surface area contributed by atoms with Gasteiger partial charge >= 0.3 is 5.97 Å². The van der Waals surface area contributed by atoms with Gasteiger partial charge in [0.15, 0.2) is 0 Å². The number of rotatable bonds is 8. The Kier molecular flexibility index (Phi) is 9.09. The van der Waals surface area contributed by atoms with Crippen LogP contribution in [-0.4, -0.2) is 72.4 Å². The molecule has 1 spiro atoms. The molecular weight excluding hydrogens is 438 g/mol. The van der Waals surface area contributed by atoms with Crippen molar-refractivity contribution in [1.82, 2.24) is 5.32 Å². The molecule has 3 aliphatic rings. The Hall–Kier alpha value is -2.00. The highest BCUT2D eigenvalue weighted by atomic mass is 16.6. The van der Waals surface area contributed by atoms with E-state index in [-0.39, 0.29) is 42.1 Å². The standard InChI is InChI=1S/C26H39NO7/c1-16(7-10-23-25(30)26(15-32-26)12-13-31-23)6-9-22-17(2)14-21(19(4)34-22)27-24(29)11-8-18(3)33-20(5)28/h6-8,10-11,17-19,21-23,25,30H,9,12-15H2,1-5H3,(H,27,29)/b10-7+,11-8-,16-6+/t17-,18-,19+,21+,22-,23+,25-,26?/m0/s1. The van der Waals surface area contributed by atoms with E-state index in [0.717, 1.165) is 24.8 Å². The Balaban J connectivity index is 1.45. The lowest BCUT2D eigenvalue weighted by Crippen LogP contribution is -2.50. The number of carbonyl (C=O) groups excluding carboxylic acids is 2. The minimum atomic E-state index is -0.625. The summed E-state index contributed by atoms with van der Waals surface area (Å²) in [5.41, 5.74) is 0.687. The first-order chi connectivity index (χ1) is 16.1. The van der Waals surface area contributed by atoms with Crippen molar-refractivity contribution in [2.75, 3.05) is 13.2 Å². The number of aliphatic hydroxyl groups is 1. The maximum Gasteiger partial charge on any atom is 0.303 e. The van der Waals surface area contributed by atoms with E-state index in [4.69, 9.17) is 18.9 Å². The van der Waals surface area contributed by atoms with Gasteiger partial charge in [-0.3, -0.25) is 9.59 Å². The van der Waals surface area contributed by atoms with Crippen LogP contribution in [0.5, 0.6) is 0 Å². The minimum Gasteiger partial charge on any atom is -0.459 e. The highest BCUT2D eigenvalue weighted by Gasteiger charge is 2.55. The second-order valence-electron chi connectivity index (χ2n) is 9.81. The van der Waals surface area contributed by atoms with E-state index in [1.807, 2.05) is 26.0 Å². The third-order valence-corrected chi connectivity index (χ3v) is 6.84. The van der Waals surface area contributed by atoms with E-state index in [2.05, 4.69) is 18.3 Å². The maximum absolute atomic E-state index is 12.3. The zero-order valence-corrected chi connectivity index (χ0v) is 20.9. The Morgan fingerprint density at radius 2 is 2.00 bits per heavy atom. The summed E-state index contributed by atoms with van der Waals surface area (Å²) >= 11 is 0. The van der Waals surface area contributed by atoms with Gasteiger partial charge in [-0.2, -0.15) is 0 Å². The largest absolute Gasteiger partial charge is 0.459 e. The van der Waals surface area contributed by atoms with Crippen molar-refractivity contribution in [3.8, 4) is 0 Å². The summed E-state index contributed by atoms with van der Waals surface area (Å²) < 4.78 is 22.4. The summed E-state index contributed by atoms with van der Waals surface area (Å²) in [6, 6.07) is -0.0840. The van der Waals surface area contributed by atoms with Gasteiger partial charge in [0.25, 0.3) is 0 Å². The summed E-state index contributed by atoms with van der Waals surface area (Å²) in [7, 11) is 0. The third-order valence-electron chi connectivity index (χ3n) is 6.84. The molecule has 3 saturated heterocycles. The smallest absolute Gasteiger partial charge is 0.303 e. The number of hydrogen-bond donors (Lipinski definition) is 2. The van der Waals surface area contributed by atoms with Crippen LogP contribution < -0.4 is 5.32 Å². The fourth-order valence-electron chi connectivity index (χ4n) is 4.56. The van der Waals surface area contributed by atoms with E-state index in [9.17, 15) is 14.7 Å². The van der Waals surface area contributed by atoms with Crippen molar-refractivity contribution >= 4 is 11.9 Å². The summed E-state index contributed by atoms with van der Waals surface area (Å²) in [6.45, 7) is 10.4. The van der Waals surface area contributed by atoms with Crippen LogP contribution in [0, 0.1) is 5.92 Å². The van der Waals surface area contributed by atoms with E-state index >= 15 is 0 Å². The molecule has 0 aromatic rings. The van der Waals surface area contributed by atoms with Crippen molar-refractivity contribution in [1.29, 1.82) is 0 Å². The second-order valence-corrected chi connectivity index (χ2v) is 9.81. The van der Waals surface area contributed by atoms with Gasteiger partial charge in [0, 0.05) is 19.4 Å². The molecule has 8 nitrogen and oxygen atoms in total. The lowest BCUT2D eigenvalue weighted by molar-refractivity contribution is -0.143. The molecule has 3 rings (SSSR count). The molecule has 34 heavy (non-hydrogen) atoms. The topological polar surface area (TPSA) is 107 Å². The van der Waals surface area contributed by atoms with Crippen LogP contribution in [0.15, 0.2) is 36.0 Å². The van der Waals surface area contributed by atoms with Gasteiger partial charge in [-0.1, -0.05) is 30.7 Å². The fourth-order valence-corrected chi connectivity index (χ4v) is 4.56. The molecule has 0 aromatic heterocycles. The predicted molar refractivity (Wildman–Crippen MR) is 127 cm³/mol. The number of carbonyl (C=O) groups is 2. The van der Waals surface area contributed by atoms with Crippen LogP contribution in [0.4, 0.5) is 0 Å². The number of ether oxygens (including phenoxy) is 4. The average molecular weight is 478 g/mol. The zero-order valence-electron chi connectivity index (χ0n) is 20.9. The molecule has 0 bridgehead atoms. The van der Waals surface area contributed by atoms with E-state index in [0.29, 0.717) is 13.2 Å². The van der Waals surface area contributed by atoms with Crippen LogP contribution >= 0.6 is 0 Å². The molecule has 190 valence electrons. The SMILES string of the molecule is CC(=O)O[C@@H](C)/C=C\C(=O)N[C@@H]1C[C@H](C)[C@H](C/C=C(C)/C=C/[C@H]2OCCC3(CO3)[C@H]2O)O[C@@H]1C. The Morgan fingerprint density at radius 3 is 2.68 bits per heavy atom. The number of amides is 1. The highest BCUT2D eigenvalue weighted by Crippen LogP contribution is 2.40. The third kappa shape index (κ3) is 7.25. The van der Waals surface area contributed by atoms with Crippen molar-refractivity contribution in [3.05, 3.63) is 36.0 Å². The average Bonchev–Trinajstić information content (AvgIpc) is 3.54. The first kappa shape index (κ1) is 26.6. The number of esters is 1. The summed E-state index contributed by atoms with van der Waals surface area (Å²) in [6.07, 6.45) is 9.85. The van der Waals surface area contributed by atoms with Crippen LogP contribution in [-0.2, 0) is 28.5 Å². The van der Waals surface area contributed by atoms with E-state index < -0.39 is 17.8 Å². The molecule has 3 fully saturated rings. The lowest BCUT2D eigenvalue weighted by atomic mass is 9.88. The molecule has 0 aliphatic carbocycles. The van der Waals surface area contributed by atoms with Gasteiger partial charge in [0.05, 0.1) is 31.5 Å². The summed E-state index contributed by atoms with van der Waals surface area (Å²) in [5, 5.41) is 13.5. The number of aliphatic hydroxyl groups excluding tert-OH is 1. The molecule has 3 heterocycles. The van der Waals surface area contributed by atoms with E-state index in [1.54, 1.807) is 13.0 Å². The first-order valence-electron chi connectivity index (χ1n) is 12.2. The van der Waals surface area contributed by atoms with Gasteiger partial charge in [0.1, 0.15) is 23.9 Å². The van der Waals surface area contributed by atoms with Gasteiger partial charge in [-0.15, -0.1) is 0 Å². The van der Waals surface area contributed by atoms with Crippen molar-refractivity contribution in [3.63, 3.8) is 0 Å². The quantitative estimate of drug-likeness (QED) is 0.240. The predicted octanol–water partition coefficient (Wildman–Crippen LogP) is 2.60. The van der Waals surface area contributed by atoms with Crippen LogP contribution in [0.2, 0.25) is 0 Å². The second kappa shape index (κ2) is 11.6. The van der Waals surface area contributed by atoms with Gasteiger partial charge in [0.2, 0.25) is 5.91 Å². The molecular formula is C26H39NO7. The van der Waals surface area contributed by atoms with Crippen molar-refractivity contribution < 1.29 is 33.6 Å². The summed E-state index contributed by atoms with van der Waals surface area (Å²) in [4.78, 5) is 23.2. The fraction of sp³-hybridized carbons (Fsp3) is 0.692. The molecule has 1 amide bonds. The monoisotopic (exact) mass is 477 g/mol. The highest BCUT2D eigenvalue weighted by molar-refractivity contribution is 5.87. The van der Waals surface area contributed by atoms with Gasteiger partial charge in [-0.25, -0.2) is 0 Å². The number of allylic oxidation sites excluding steroid dienone is 2. The molecule has 1 unspecified atom stereocenters. The molecule has 8 heteroatoms. The number of hydrogen-bond acceptors (Lipinski definition) is 7. The summed E-state index contributed by atoms with van der Waals surface area (Å²) in [5.74, 6) is -0.335. The number of epoxide rings is 1. The molecule has 3 aliphatic heterocycles. The number of nitrogens with one attached hydrogen (secondary N) is 1. The normalized spacial score (nSPS) is 37.2. The lowest BCUT2D eigenvalue weighted by Gasteiger charge is -2.39. The molecule has 0 saturated carbocycles. The maximum atomic E-state index is 12.3. The van der Waals surface area contributed by atoms with Crippen molar-refractivity contribution in [2.45, 2.75) is 96.0 Å². The minimum absolute atomic E-state index is 0.0608. The Bertz CT molecular complexity index is 816. The molecule has 0 aromatic carbocycles. The van der Waals surface area contributed by atoms with Crippen LogP contribution in [0.1, 0.15) is 53.9 Å². The molecule has 2 N–H and O–H groups in total. The van der Waals surface area contributed by atoms with Gasteiger partial charge < -0.3 is 29.4 Å². The molecule has 0 radical (unpaired) electrons. The van der Waals surface area contributed by atoms with Crippen LogP contribution in [0.3, 0.4) is 0 Å². The molecule has 8 atom stereocenters. The van der Waals surface area contributed by atoms with Crippen molar-refractivity contribution in [2.24, 2.45) is 5.92 Å². The van der Waals surface area contributed by atoms with Crippen LogP contribution in [0.25, 0.3) is 0 Å². The first-order valence-corrected chi connectivity index (χ1v) is 12.2. The Labute approximate surface area is 202 Å². The zero-order chi connectivity index (χ0) is 24.9. The van der Waals surface area contributed by atoms with Gasteiger partial charge in [-0.05, 0) is 45.6 Å².